The van der Waals surface area contributed by atoms with Crippen LogP contribution in [0.4, 0.5) is 4.79 Å². The smallest absolute Gasteiger partial charge is 0 e. The molecule has 0 saturated carbocycles. The zero-order valence-electron chi connectivity index (χ0n) is 2.67. The van der Waals surface area contributed by atoms with Gasteiger partial charge in [0.15, 0.2) is 0 Å². The Morgan fingerprint density at radius 2 is 1.33 bits per heavy atom. The molecule has 6 heavy (non-hydrogen) atoms. The monoisotopic (exact) mass is 287 g/mol. The summed E-state index contributed by atoms with van der Waals surface area (Å²) in [5.41, 5.74) is 0. The van der Waals surface area contributed by atoms with E-state index < -0.39 is 6.16 Å². The van der Waals surface area contributed by atoms with Gasteiger partial charge in [-0.3, -0.25) is 0 Å². The van der Waals surface area contributed by atoms with Crippen molar-refractivity contribution < 1.29 is 20.5 Å². The predicted octanol–water partition coefficient (Wildman–Crippen LogP) is -3.65. The van der Waals surface area contributed by atoms with E-state index in [0.29, 0.717) is 0 Å². The van der Waals surface area contributed by atoms with Gasteiger partial charge >= 0.3 is 0 Å². The average molecular weight is 287 g/mol. The standard InChI is InChI=1S/CH2O3.Bi.H2O/c2-1(3)4;;/h(H2,2,3,4);;1H2/p-2. The fraction of sp³-hybridized carbons (Fsp3) is 0. The number of hydrogen-bond donors (Lipinski definition) is 0. The van der Waals surface area contributed by atoms with Gasteiger partial charge in [-0.15, -0.1) is 0 Å². The zero-order chi connectivity index (χ0) is 3.58. The Labute approximate surface area is 53.2 Å². The zero-order valence-corrected chi connectivity index (χ0v) is 6.15. The molecule has 0 unspecified atom stereocenters. The summed E-state index contributed by atoms with van der Waals surface area (Å²) in [6.07, 6.45) is -2.33. The molecule has 37 valence electrons. The predicted molar refractivity (Wildman–Crippen MR) is 14.8 cm³/mol. The Kier molecular flexibility index (Phi) is 24.5. The molecule has 0 aromatic rings. The summed E-state index contributed by atoms with van der Waals surface area (Å²) in [6.45, 7) is 0. The van der Waals surface area contributed by atoms with Crippen molar-refractivity contribution in [3.05, 3.63) is 0 Å². The largest absolute Gasteiger partial charge is 0.652 e. The van der Waals surface area contributed by atoms with Crippen LogP contribution in [0.3, 0.4) is 0 Å². The number of carbonyl (C=O) groups is 1. The van der Waals surface area contributed by atoms with Crippen molar-refractivity contribution in [2.24, 2.45) is 0 Å². The van der Waals surface area contributed by atoms with E-state index in [1.165, 1.54) is 0 Å². The Hall–Kier alpha value is 0.113. The van der Waals surface area contributed by atoms with Crippen molar-refractivity contribution in [3.63, 3.8) is 0 Å². The van der Waals surface area contributed by atoms with Crippen LogP contribution in [0.15, 0.2) is 0 Å². The molecule has 0 aromatic carbocycles. The average Bonchev–Trinajstić information content (AvgIpc) is 0.811. The third-order valence-electron chi connectivity index (χ3n) is 0. The third kappa shape index (κ3) is 3120. The topological polar surface area (TPSA) is 94.7 Å². The van der Waals surface area contributed by atoms with E-state index in [0.717, 1.165) is 0 Å². The maximum absolute atomic E-state index is 8.33. The molecule has 0 amide bonds. The molecule has 0 fully saturated rings. The Morgan fingerprint density at radius 1 is 1.33 bits per heavy atom. The second-order valence-electron chi connectivity index (χ2n) is 0.250. The number of carboxylic acid groups (broad SMARTS) is 2. The van der Waals surface area contributed by atoms with E-state index in [-0.39, 0.29) is 31.7 Å². The summed E-state index contributed by atoms with van der Waals surface area (Å²) in [6, 6.07) is 0. The normalized spacial score (nSPS) is 4.00. The maximum Gasteiger partial charge on any atom is 0 e. The van der Waals surface area contributed by atoms with E-state index in [2.05, 4.69) is 0 Å². The first-order valence-corrected chi connectivity index (χ1v) is 0.612. The molecule has 2 N–H and O–H groups in total. The summed E-state index contributed by atoms with van der Waals surface area (Å²) in [7, 11) is 0. The molecule has 0 rings (SSSR count). The number of carbonyl (C=O) groups excluding carboxylic acids is 1. The molecule has 3 radical (unpaired) electrons. The Bertz CT molecular complexity index is 30.5. The minimum absolute atomic E-state index is 0. The Morgan fingerprint density at radius 3 is 1.33 bits per heavy atom. The van der Waals surface area contributed by atoms with Crippen molar-refractivity contribution in [2.45, 2.75) is 0 Å². The van der Waals surface area contributed by atoms with Gasteiger partial charge in [-0.05, 0) is 6.16 Å². The fourth-order valence-corrected chi connectivity index (χ4v) is 0. The van der Waals surface area contributed by atoms with Crippen LogP contribution in [-0.4, -0.2) is 37.8 Å². The van der Waals surface area contributed by atoms with Gasteiger partial charge in [0, 0.05) is 26.2 Å². The minimum atomic E-state index is -2.33. The van der Waals surface area contributed by atoms with Crippen LogP contribution >= 0.6 is 0 Å². The van der Waals surface area contributed by atoms with Crippen LogP contribution in [0.2, 0.25) is 0 Å². The first kappa shape index (κ1) is 16.5. The number of rotatable bonds is 0. The van der Waals surface area contributed by atoms with Gasteiger partial charge in [-0.1, -0.05) is 0 Å². The maximum atomic E-state index is 8.33. The quantitative estimate of drug-likeness (QED) is 0.430. The van der Waals surface area contributed by atoms with Crippen molar-refractivity contribution in [1.29, 1.82) is 0 Å². The first-order chi connectivity index (χ1) is 1.73. The van der Waals surface area contributed by atoms with Gasteiger partial charge in [-0.25, -0.2) is 0 Å². The summed E-state index contributed by atoms with van der Waals surface area (Å²) in [4.78, 5) is 8.33. The van der Waals surface area contributed by atoms with Crippen molar-refractivity contribution >= 4 is 32.4 Å². The molecule has 0 aromatic heterocycles. The first-order valence-electron chi connectivity index (χ1n) is 0.612. The molecule has 0 atom stereocenters. The SMILES string of the molecule is O.O=C([O-])[O-].[Bi]. The third-order valence-corrected chi connectivity index (χ3v) is 0. The molecule has 0 aliphatic rings. The van der Waals surface area contributed by atoms with E-state index in [1.54, 1.807) is 0 Å². The summed E-state index contributed by atoms with van der Waals surface area (Å²) in [5.74, 6) is 0. The molecule has 5 heteroatoms. The second kappa shape index (κ2) is 8.93. The van der Waals surface area contributed by atoms with Gasteiger partial charge < -0.3 is 20.5 Å². The van der Waals surface area contributed by atoms with Crippen molar-refractivity contribution in [2.75, 3.05) is 0 Å². The molecular weight excluding hydrogens is 285 g/mol. The van der Waals surface area contributed by atoms with E-state index in [4.69, 9.17) is 15.0 Å². The van der Waals surface area contributed by atoms with E-state index >= 15 is 0 Å². The number of hydrogen-bond acceptors (Lipinski definition) is 3. The molecule has 0 bridgehead atoms. The summed E-state index contributed by atoms with van der Waals surface area (Å²) < 4.78 is 0. The van der Waals surface area contributed by atoms with Crippen molar-refractivity contribution in [1.82, 2.24) is 0 Å². The van der Waals surface area contributed by atoms with Crippen LogP contribution in [0, 0.1) is 0 Å². The van der Waals surface area contributed by atoms with Crippen molar-refractivity contribution in [3.8, 4) is 0 Å². The molecule has 0 spiro atoms. The van der Waals surface area contributed by atoms with Crippen LogP contribution in [0.1, 0.15) is 0 Å². The van der Waals surface area contributed by atoms with Gasteiger partial charge in [0.25, 0.3) is 0 Å². The minimum Gasteiger partial charge on any atom is -0.652 e. The fourth-order valence-electron chi connectivity index (χ4n) is 0. The van der Waals surface area contributed by atoms with Crippen LogP contribution in [0.25, 0.3) is 0 Å². The van der Waals surface area contributed by atoms with Gasteiger partial charge in [0.05, 0.1) is 0 Å². The van der Waals surface area contributed by atoms with Gasteiger partial charge in [0.2, 0.25) is 0 Å². The van der Waals surface area contributed by atoms with E-state index in [1.807, 2.05) is 0 Å². The Balaban J connectivity index is -0.0000000450. The van der Waals surface area contributed by atoms with Gasteiger partial charge in [0.1, 0.15) is 0 Å². The molecule has 0 saturated heterocycles. The molecule has 0 aliphatic carbocycles. The molecular formula is CH2BiO4-2. The molecule has 0 heterocycles. The summed E-state index contributed by atoms with van der Waals surface area (Å²) >= 11 is 0. The van der Waals surface area contributed by atoms with Crippen LogP contribution < -0.4 is 10.2 Å². The van der Waals surface area contributed by atoms with E-state index in [9.17, 15) is 0 Å². The second-order valence-corrected chi connectivity index (χ2v) is 0.250. The molecule has 4 nitrogen and oxygen atoms in total. The summed E-state index contributed by atoms with van der Waals surface area (Å²) in [5, 5.41) is 16.7. The van der Waals surface area contributed by atoms with Crippen LogP contribution in [0.5, 0.6) is 0 Å². The van der Waals surface area contributed by atoms with Crippen LogP contribution in [-0.2, 0) is 0 Å². The molecule has 0 aliphatic heterocycles. The van der Waals surface area contributed by atoms with Gasteiger partial charge in [-0.2, -0.15) is 0 Å².